The molecule has 0 aromatic heterocycles. The summed E-state index contributed by atoms with van der Waals surface area (Å²) in [4.78, 5) is 21.2. The van der Waals surface area contributed by atoms with Gasteiger partial charge in [-0.25, -0.2) is 9.59 Å². The average molecular weight is 173 g/mol. The van der Waals surface area contributed by atoms with Crippen LogP contribution in [-0.4, -0.2) is 37.7 Å². The van der Waals surface area contributed by atoms with Crippen LogP contribution in [0.2, 0.25) is 0 Å². The van der Waals surface area contributed by atoms with E-state index in [0.717, 1.165) is 6.54 Å². The maximum atomic E-state index is 11.0. The molecule has 1 unspecified atom stereocenters. The molecule has 0 radical (unpaired) electrons. The molecule has 12 heavy (non-hydrogen) atoms. The van der Waals surface area contributed by atoms with Gasteiger partial charge in [0.05, 0.1) is 0 Å². The Hall–Kier alpha value is -1.14. The Morgan fingerprint density at radius 1 is 1.42 bits per heavy atom. The fourth-order valence-electron chi connectivity index (χ4n) is 0.990. The topological polar surface area (TPSA) is 93.5 Å². The minimum absolute atomic E-state index is 0.464. The molecule has 1 saturated heterocycles. The summed E-state index contributed by atoms with van der Waals surface area (Å²) in [7, 11) is 0. The first-order valence-corrected chi connectivity index (χ1v) is 3.65. The summed E-state index contributed by atoms with van der Waals surface area (Å²) in [6, 6.07) is -0.466. The van der Waals surface area contributed by atoms with Crippen molar-refractivity contribution in [3.8, 4) is 0 Å². The van der Waals surface area contributed by atoms with Gasteiger partial charge in [0.15, 0.2) is 0 Å². The molecule has 0 aromatic carbocycles. The first kappa shape index (κ1) is 8.95. The van der Waals surface area contributed by atoms with Crippen LogP contribution < -0.4 is 16.4 Å². The van der Waals surface area contributed by atoms with Gasteiger partial charge >= 0.3 is 12.1 Å². The number of carbonyl (C=O) groups excluding carboxylic acids is 2. The lowest BCUT2D eigenvalue weighted by Gasteiger charge is -2.21. The third-order valence-corrected chi connectivity index (χ3v) is 1.53. The second kappa shape index (κ2) is 4.03. The van der Waals surface area contributed by atoms with Crippen LogP contribution in [0.1, 0.15) is 0 Å². The van der Waals surface area contributed by atoms with E-state index >= 15 is 0 Å². The summed E-state index contributed by atoms with van der Waals surface area (Å²) in [6.45, 7) is 1.95. The van der Waals surface area contributed by atoms with Gasteiger partial charge < -0.3 is 21.1 Å². The highest BCUT2D eigenvalue weighted by molar-refractivity contribution is 5.87. The van der Waals surface area contributed by atoms with Crippen molar-refractivity contribution < 1.29 is 14.3 Å². The highest BCUT2D eigenvalue weighted by Crippen LogP contribution is 1.91. The second-order valence-electron chi connectivity index (χ2n) is 2.45. The highest BCUT2D eigenvalue weighted by Gasteiger charge is 2.22. The van der Waals surface area contributed by atoms with E-state index < -0.39 is 18.1 Å². The average Bonchev–Trinajstić information content (AvgIpc) is 2.05. The minimum atomic E-state index is -1.06. The van der Waals surface area contributed by atoms with Crippen LogP contribution in [0.5, 0.6) is 0 Å². The van der Waals surface area contributed by atoms with Crippen LogP contribution >= 0.6 is 0 Å². The maximum Gasteiger partial charge on any atom is 0.412 e. The number of amides is 1. The number of hydrogen-bond acceptors (Lipinski definition) is 5. The third kappa shape index (κ3) is 2.48. The van der Waals surface area contributed by atoms with Crippen molar-refractivity contribution in [3.63, 3.8) is 0 Å². The van der Waals surface area contributed by atoms with Crippen LogP contribution in [-0.2, 0) is 9.53 Å². The van der Waals surface area contributed by atoms with E-state index in [1.165, 1.54) is 0 Å². The number of rotatable bonds is 1. The first-order chi connectivity index (χ1) is 5.70. The molecule has 0 bridgehead atoms. The smallest absolute Gasteiger partial charge is 0.375 e. The third-order valence-electron chi connectivity index (χ3n) is 1.53. The number of ether oxygens (including phenoxy) is 1. The molecular weight excluding hydrogens is 162 g/mol. The van der Waals surface area contributed by atoms with Crippen molar-refractivity contribution in [2.24, 2.45) is 5.73 Å². The van der Waals surface area contributed by atoms with Crippen LogP contribution in [0.15, 0.2) is 0 Å². The van der Waals surface area contributed by atoms with E-state index in [-0.39, 0.29) is 0 Å². The Morgan fingerprint density at radius 2 is 2.17 bits per heavy atom. The number of esters is 1. The van der Waals surface area contributed by atoms with E-state index in [9.17, 15) is 9.59 Å². The Kier molecular flexibility index (Phi) is 3.01. The fraction of sp³-hybridized carbons (Fsp3) is 0.667. The van der Waals surface area contributed by atoms with Crippen molar-refractivity contribution in [2.75, 3.05) is 19.6 Å². The molecule has 0 aliphatic carbocycles. The summed E-state index contributed by atoms with van der Waals surface area (Å²) in [5.74, 6) is -0.630. The molecule has 0 saturated carbocycles. The van der Waals surface area contributed by atoms with E-state index in [4.69, 9.17) is 0 Å². The van der Waals surface area contributed by atoms with Gasteiger partial charge in [0.1, 0.15) is 6.04 Å². The maximum absolute atomic E-state index is 11.0. The zero-order valence-electron chi connectivity index (χ0n) is 6.50. The SMILES string of the molecule is NC(=O)OC(=O)C1CNCCN1. The number of piperazine rings is 1. The second-order valence-corrected chi connectivity index (χ2v) is 2.45. The van der Waals surface area contributed by atoms with E-state index in [0.29, 0.717) is 13.1 Å². The van der Waals surface area contributed by atoms with Crippen molar-refractivity contribution in [3.05, 3.63) is 0 Å². The van der Waals surface area contributed by atoms with Crippen molar-refractivity contribution in [1.82, 2.24) is 10.6 Å². The Morgan fingerprint density at radius 3 is 2.67 bits per heavy atom. The van der Waals surface area contributed by atoms with Crippen LogP contribution in [0, 0.1) is 0 Å². The minimum Gasteiger partial charge on any atom is -0.375 e. The molecule has 1 rings (SSSR count). The molecule has 1 heterocycles. The van der Waals surface area contributed by atoms with Crippen LogP contribution in [0.4, 0.5) is 4.79 Å². The van der Waals surface area contributed by atoms with Gasteiger partial charge in [-0.3, -0.25) is 0 Å². The van der Waals surface area contributed by atoms with E-state index in [2.05, 4.69) is 21.1 Å². The van der Waals surface area contributed by atoms with Gasteiger partial charge in [0.25, 0.3) is 0 Å². The number of nitrogens with two attached hydrogens (primary N) is 1. The molecule has 1 atom stereocenters. The summed E-state index contributed by atoms with van der Waals surface area (Å²) in [5, 5.41) is 5.85. The standard InChI is InChI=1S/C6H11N3O3/c7-6(11)12-5(10)4-3-8-1-2-9-4/h4,8-9H,1-3H2,(H2,7,11). The summed E-state index contributed by atoms with van der Waals surface area (Å²) in [6.07, 6.45) is -1.06. The Labute approximate surface area is 69.4 Å². The zero-order chi connectivity index (χ0) is 8.97. The summed E-state index contributed by atoms with van der Waals surface area (Å²) < 4.78 is 4.19. The molecule has 0 spiro atoms. The van der Waals surface area contributed by atoms with Gasteiger partial charge in [-0.05, 0) is 0 Å². The molecule has 1 aliphatic heterocycles. The number of hydrogen-bond donors (Lipinski definition) is 3. The normalized spacial score (nSPS) is 23.2. The van der Waals surface area contributed by atoms with Crippen molar-refractivity contribution in [1.29, 1.82) is 0 Å². The molecule has 4 N–H and O–H groups in total. The van der Waals surface area contributed by atoms with E-state index in [1.807, 2.05) is 0 Å². The van der Waals surface area contributed by atoms with Crippen LogP contribution in [0.3, 0.4) is 0 Å². The number of carbonyl (C=O) groups is 2. The highest BCUT2D eigenvalue weighted by atomic mass is 16.6. The lowest BCUT2D eigenvalue weighted by atomic mass is 10.2. The van der Waals surface area contributed by atoms with Gasteiger partial charge in [-0.2, -0.15) is 0 Å². The Balaban J connectivity index is 2.34. The van der Waals surface area contributed by atoms with E-state index in [1.54, 1.807) is 0 Å². The van der Waals surface area contributed by atoms with Gasteiger partial charge in [-0.1, -0.05) is 0 Å². The largest absolute Gasteiger partial charge is 0.412 e. The number of primary amides is 1. The van der Waals surface area contributed by atoms with Gasteiger partial charge in [-0.15, -0.1) is 0 Å². The fourth-order valence-corrected chi connectivity index (χ4v) is 0.990. The molecule has 68 valence electrons. The van der Waals surface area contributed by atoms with Crippen molar-refractivity contribution >= 4 is 12.1 Å². The molecule has 1 amide bonds. The lowest BCUT2D eigenvalue weighted by molar-refractivity contribution is -0.139. The Bertz CT molecular complexity index is 188. The molecule has 1 aliphatic rings. The molecular formula is C6H11N3O3. The molecule has 6 nitrogen and oxygen atoms in total. The molecule has 0 aromatic rings. The zero-order valence-corrected chi connectivity index (χ0v) is 6.50. The van der Waals surface area contributed by atoms with Crippen LogP contribution in [0.25, 0.3) is 0 Å². The molecule has 1 fully saturated rings. The summed E-state index contributed by atoms with van der Waals surface area (Å²) >= 11 is 0. The molecule has 6 heteroatoms. The predicted molar refractivity (Wildman–Crippen MR) is 40.3 cm³/mol. The lowest BCUT2D eigenvalue weighted by Crippen LogP contribution is -2.53. The predicted octanol–water partition coefficient (Wildman–Crippen LogP) is -1.83. The van der Waals surface area contributed by atoms with Gasteiger partial charge in [0.2, 0.25) is 0 Å². The number of nitrogens with one attached hydrogen (secondary N) is 2. The van der Waals surface area contributed by atoms with Gasteiger partial charge in [0, 0.05) is 19.6 Å². The monoisotopic (exact) mass is 173 g/mol. The summed E-state index contributed by atoms with van der Waals surface area (Å²) in [5.41, 5.74) is 4.67. The first-order valence-electron chi connectivity index (χ1n) is 3.65. The van der Waals surface area contributed by atoms with Crippen molar-refractivity contribution in [2.45, 2.75) is 6.04 Å². The quantitative estimate of drug-likeness (QED) is 0.320.